The summed E-state index contributed by atoms with van der Waals surface area (Å²) in [6.45, 7) is 1.93. The molecule has 144 valence electrons. The summed E-state index contributed by atoms with van der Waals surface area (Å²) in [4.78, 5) is 24.5. The minimum absolute atomic E-state index is 0.114. The first kappa shape index (κ1) is 20.1. The van der Waals surface area contributed by atoms with Crippen molar-refractivity contribution in [3.8, 4) is 17.2 Å². The van der Waals surface area contributed by atoms with Crippen LogP contribution < -0.4 is 24.8 Å². The summed E-state index contributed by atoms with van der Waals surface area (Å²) >= 11 is 0. The highest BCUT2D eigenvalue weighted by Crippen LogP contribution is 2.29. The van der Waals surface area contributed by atoms with Gasteiger partial charge in [-0.05, 0) is 36.8 Å². The first-order valence-electron chi connectivity index (χ1n) is 8.53. The highest BCUT2D eigenvalue weighted by atomic mass is 16.5. The number of methoxy groups -OCH3 is 3. The minimum atomic E-state index is -0.330. The number of hydrogen-bond donors (Lipinski definition) is 2. The Morgan fingerprint density at radius 2 is 1.56 bits per heavy atom. The van der Waals surface area contributed by atoms with Crippen LogP contribution in [0, 0.1) is 0 Å². The van der Waals surface area contributed by atoms with Gasteiger partial charge in [-0.2, -0.15) is 0 Å². The van der Waals surface area contributed by atoms with E-state index in [4.69, 9.17) is 14.2 Å². The van der Waals surface area contributed by atoms with Gasteiger partial charge in [-0.3, -0.25) is 9.59 Å². The molecule has 2 rings (SSSR count). The summed E-state index contributed by atoms with van der Waals surface area (Å²) in [5, 5.41) is 5.60. The second-order valence-electron chi connectivity index (χ2n) is 5.77. The van der Waals surface area contributed by atoms with Gasteiger partial charge in [0, 0.05) is 23.7 Å². The molecule has 2 N–H and O–H groups in total. The number of anilines is 2. The molecule has 0 bridgehead atoms. The van der Waals surface area contributed by atoms with Crippen LogP contribution >= 0.6 is 0 Å². The first-order valence-corrected chi connectivity index (χ1v) is 8.53. The van der Waals surface area contributed by atoms with Crippen molar-refractivity contribution in [3.63, 3.8) is 0 Å². The molecule has 0 atom stereocenters. The van der Waals surface area contributed by atoms with E-state index in [1.807, 2.05) is 6.92 Å². The van der Waals surface area contributed by atoms with E-state index in [-0.39, 0.29) is 11.8 Å². The van der Waals surface area contributed by atoms with Gasteiger partial charge in [0.25, 0.3) is 5.91 Å². The average molecular weight is 372 g/mol. The molecule has 0 aromatic heterocycles. The maximum absolute atomic E-state index is 12.6. The number of hydrogen-bond acceptors (Lipinski definition) is 5. The molecule has 0 spiro atoms. The molecule has 0 saturated carbocycles. The summed E-state index contributed by atoms with van der Waals surface area (Å²) in [7, 11) is 4.56. The zero-order valence-corrected chi connectivity index (χ0v) is 15.9. The second kappa shape index (κ2) is 9.47. The van der Waals surface area contributed by atoms with Crippen molar-refractivity contribution in [2.45, 2.75) is 19.8 Å². The zero-order valence-electron chi connectivity index (χ0n) is 15.9. The van der Waals surface area contributed by atoms with Gasteiger partial charge in [0.15, 0.2) is 0 Å². The highest BCUT2D eigenvalue weighted by Gasteiger charge is 2.13. The van der Waals surface area contributed by atoms with Crippen LogP contribution in [-0.4, -0.2) is 33.1 Å². The molecule has 2 aromatic carbocycles. The molecule has 7 nitrogen and oxygen atoms in total. The van der Waals surface area contributed by atoms with Crippen LogP contribution in [0.25, 0.3) is 0 Å². The third kappa shape index (κ3) is 5.37. The highest BCUT2D eigenvalue weighted by molar-refractivity contribution is 6.05. The summed E-state index contributed by atoms with van der Waals surface area (Å²) in [5.74, 6) is 1.10. The van der Waals surface area contributed by atoms with Crippen LogP contribution in [0.2, 0.25) is 0 Å². The van der Waals surface area contributed by atoms with Crippen molar-refractivity contribution < 1.29 is 23.8 Å². The van der Waals surface area contributed by atoms with Gasteiger partial charge in [0.05, 0.1) is 27.0 Å². The van der Waals surface area contributed by atoms with Crippen LogP contribution in [0.4, 0.5) is 11.4 Å². The molecule has 0 aliphatic carbocycles. The number of nitrogens with one attached hydrogen (secondary N) is 2. The molecule has 0 heterocycles. The van der Waals surface area contributed by atoms with Crippen LogP contribution in [0.3, 0.4) is 0 Å². The van der Waals surface area contributed by atoms with Gasteiger partial charge in [-0.25, -0.2) is 0 Å². The molecule has 2 amide bonds. The van der Waals surface area contributed by atoms with Crippen molar-refractivity contribution in [3.05, 3.63) is 42.0 Å². The fraction of sp³-hybridized carbons (Fsp3) is 0.300. The van der Waals surface area contributed by atoms with Crippen molar-refractivity contribution in [2.24, 2.45) is 0 Å². The van der Waals surface area contributed by atoms with E-state index in [0.717, 1.165) is 6.42 Å². The van der Waals surface area contributed by atoms with Crippen LogP contribution in [0.5, 0.6) is 17.2 Å². The van der Waals surface area contributed by atoms with Gasteiger partial charge in [-0.15, -0.1) is 0 Å². The van der Waals surface area contributed by atoms with Gasteiger partial charge < -0.3 is 24.8 Å². The Kier molecular flexibility index (Phi) is 7.05. The van der Waals surface area contributed by atoms with Crippen molar-refractivity contribution in [1.82, 2.24) is 0 Å². The van der Waals surface area contributed by atoms with Gasteiger partial charge >= 0.3 is 0 Å². The Labute approximate surface area is 158 Å². The largest absolute Gasteiger partial charge is 0.497 e. The van der Waals surface area contributed by atoms with E-state index < -0.39 is 0 Å². The fourth-order valence-electron chi connectivity index (χ4n) is 2.46. The van der Waals surface area contributed by atoms with E-state index in [0.29, 0.717) is 40.6 Å². The van der Waals surface area contributed by atoms with Crippen LogP contribution in [-0.2, 0) is 4.79 Å². The van der Waals surface area contributed by atoms with Gasteiger partial charge in [0.2, 0.25) is 5.91 Å². The van der Waals surface area contributed by atoms with E-state index >= 15 is 0 Å². The Bertz CT molecular complexity index is 798. The van der Waals surface area contributed by atoms with Crippen LogP contribution in [0.1, 0.15) is 30.1 Å². The second-order valence-corrected chi connectivity index (χ2v) is 5.77. The van der Waals surface area contributed by atoms with Crippen LogP contribution in [0.15, 0.2) is 36.4 Å². The number of carbonyl (C=O) groups excluding carboxylic acids is 2. The number of amides is 2. The average Bonchev–Trinajstić information content (AvgIpc) is 2.67. The summed E-state index contributed by atoms with van der Waals surface area (Å²) in [6, 6.07) is 9.96. The Morgan fingerprint density at radius 3 is 2.11 bits per heavy atom. The molecule has 7 heteroatoms. The zero-order chi connectivity index (χ0) is 19.8. The molecule has 0 unspecified atom stereocenters. The molecule has 27 heavy (non-hydrogen) atoms. The standard InChI is InChI=1S/C20H24N2O5/c1-5-6-19(23)22-17-11-14(7-8-18(17)27-4)21-20(24)13-9-15(25-2)12-16(10-13)26-3/h7-12H,5-6H2,1-4H3,(H,21,24)(H,22,23). The summed E-state index contributed by atoms with van der Waals surface area (Å²) in [5.41, 5.74) is 1.41. The van der Waals surface area contributed by atoms with Crippen molar-refractivity contribution in [1.29, 1.82) is 0 Å². The Hall–Kier alpha value is -3.22. The normalized spacial score (nSPS) is 10.1. The molecule has 0 aliphatic rings. The Balaban J connectivity index is 2.23. The molecule has 0 fully saturated rings. The number of rotatable bonds is 8. The van der Waals surface area contributed by atoms with Crippen molar-refractivity contribution >= 4 is 23.2 Å². The van der Waals surface area contributed by atoms with Gasteiger partial charge in [0.1, 0.15) is 17.2 Å². The SMILES string of the molecule is CCCC(=O)Nc1cc(NC(=O)c2cc(OC)cc(OC)c2)ccc1OC. The summed E-state index contributed by atoms with van der Waals surface area (Å²) < 4.78 is 15.6. The Morgan fingerprint density at radius 1 is 0.889 bits per heavy atom. The number of benzene rings is 2. The first-order chi connectivity index (χ1) is 13.0. The fourth-order valence-corrected chi connectivity index (χ4v) is 2.46. The maximum atomic E-state index is 12.6. The lowest BCUT2D eigenvalue weighted by atomic mass is 10.1. The van der Waals surface area contributed by atoms with E-state index in [2.05, 4.69) is 10.6 Å². The number of ether oxygens (including phenoxy) is 3. The predicted molar refractivity (Wildman–Crippen MR) is 104 cm³/mol. The van der Waals surface area contributed by atoms with E-state index in [1.54, 1.807) is 36.4 Å². The molecular formula is C20H24N2O5. The third-order valence-electron chi connectivity index (χ3n) is 3.82. The maximum Gasteiger partial charge on any atom is 0.255 e. The molecule has 0 radical (unpaired) electrons. The molecular weight excluding hydrogens is 348 g/mol. The topological polar surface area (TPSA) is 85.9 Å². The lowest BCUT2D eigenvalue weighted by molar-refractivity contribution is -0.116. The third-order valence-corrected chi connectivity index (χ3v) is 3.82. The quantitative estimate of drug-likeness (QED) is 0.738. The lowest BCUT2D eigenvalue weighted by Gasteiger charge is -2.13. The number of carbonyl (C=O) groups is 2. The molecule has 2 aromatic rings. The predicted octanol–water partition coefficient (Wildman–Crippen LogP) is 3.70. The monoisotopic (exact) mass is 372 g/mol. The molecule has 0 saturated heterocycles. The minimum Gasteiger partial charge on any atom is -0.497 e. The molecule has 0 aliphatic heterocycles. The van der Waals surface area contributed by atoms with E-state index in [9.17, 15) is 9.59 Å². The van der Waals surface area contributed by atoms with Crippen molar-refractivity contribution in [2.75, 3.05) is 32.0 Å². The smallest absolute Gasteiger partial charge is 0.255 e. The van der Waals surface area contributed by atoms with Gasteiger partial charge in [-0.1, -0.05) is 6.92 Å². The lowest BCUT2D eigenvalue weighted by Crippen LogP contribution is -2.14. The van der Waals surface area contributed by atoms with E-state index in [1.165, 1.54) is 21.3 Å². The summed E-state index contributed by atoms with van der Waals surface area (Å²) in [6.07, 6.45) is 1.14.